The first kappa shape index (κ1) is 21.5. The van der Waals surface area contributed by atoms with Crippen molar-refractivity contribution in [1.82, 2.24) is 10.3 Å². The Morgan fingerprint density at radius 2 is 1.85 bits per heavy atom. The Hall–Kier alpha value is -4.33. The zero-order valence-electron chi connectivity index (χ0n) is 18.0. The van der Waals surface area contributed by atoms with Gasteiger partial charge in [-0.1, -0.05) is 18.2 Å². The summed E-state index contributed by atoms with van der Waals surface area (Å²) in [5, 5.41) is 7.39. The van der Waals surface area contributed by atoms with E-state index in [0.29, 0.717) is 22.8 Å². The SMILES string of the molecule is O=C(Nc1cc(CF)ccc1F)c1ccc2ccc(Oc3ccnc(C4=NCCN4)c3)cc2c1. The van der Waals surface area contributed by atoms with Crippen LogP contribution in [0.4, 0.5) is 14.5 Å². The number of carbonyl (C=O) groups excluding carboxylic acids is 1. The van der Waals surface area contributed by atoms with Gasteiger partial charge in [-0.15, -0.1) is 0 Å². The number of nitrogens with zero attached hydrogens (tertiary/aromatic N) is 2. The standard InChI is InChI=1S/C26H20F2N4O2/c27-15-16-1-6-22(28)23(11-16)32-26(33)18-3-2-17-4-5-20(13-19(17)12-18)34-21-7-8-29-24(14-21)25-30-9-10-31-25/h1-8,11-14H,9-10,15H2,(H,30,31)(H,32,33). The van der Waals surface area contributed by atoms with E-state index in [1.807, 2.05) is 24.3 Å². The van der Waals surface area contributed by atoms with Crippen LogP contribution in [0, 0.1) is 5.82 Å². The Kier molecular flexibility index (Phi) is 5.86. The van der Waals surface area contributed by atoms with E-state index in [0.717, 1.165) is 35.8 Å². The number of rotatable bonds is 6. The predicted octanol–water partition coefficient (Wildman–Crippen LogP) is 5.24. The second-order valence-electron chi connectivity index (χ2n) is 7.76. The quantitative estimate of drug-likeness (QED) is 0.415. The summed E-state index contributed by atoms with van der Waals surface area (Å²) in [7, 11) is 0. The molecule has 0 bridgehead atoms. The predicted molar refractivity (Wildman–Crippen MR) is 127 cm³/mol. The molecule has 0 unspecified atom stereocenters. The molecule has 1 aliphatic heterocycles. The van der Waals surface area contributed by atoms with Gasteiger partial charge in [0.25, 0.3) is 5.91 Å². The summed E-state index contributed by atoms with van der Waals surface area (Å²) in [4.78, 5) is 21.4. The first-order valence-corrected chi connectivity index (χ1v) is 10.7. The van der Waals surface area contributed by atoms with Gasteiger partial charge in [0.05, 0.1) is 12.2 Å². The van der Waals surface area contributed by atoms with E-state index >= 15 is 0 Å². The monoisotopic (exact) mass is 458 g/mol. The van der Waals surface area contributed by atoms with Crippen LogP contribution in [0.2, 0.25) is 0 Å². The number of carbonyl (C=O) groups is 1. The Balaban J connectivity index is 1.37. The second kappa shape index (κ2) is 9.27. The molecular weight excluding hydrogens is 438 g/mol. The van der Waals surface area contributed by atoms with Crippen molar-refractivity contribution in [3.05, 3.63) is 95.6 Å². The number of fused-ring (bicyclic) bond motifs is 1. The van der Waals surface area contributed by atoms with Crippen LogP contribution in [0.3, 0.4) is 0 Å². The van der Waals surface area contributed by atoms with Crippen LogP contribution >= 0.6 is 0 Å². The lowest BCUT2D eigenvalue weighted by atomic mass is 10.1. The highest BCUT2D eigenvalue weighted by molar-refractivity contribution is 6.06. The van der Waals surface area contributed by atoms with Gasteiger partial charge < -0.3 is 15.4 Å². The van der Waals surface area contributed by atoms with Crippen molar-refractivity contribution in [2.75, 3.05) is 18.4 Å². The minimum absolute atomic E-state index is 0.0628. The number of amidine groups is 1. The summed E-state index contributed by atoms with van der Waals surface area (Å²) in [5.74, 6) is 0.820. The Morgan fingerprint density at radius 1 is 1.00 bits per heavy atom. The molecule has 0 saturated carbocycles. The zero-order valence-corrected chi connectivity index (χ0v) is 18.0. The Bertz CT molecular complexity index is 1420. The lowest BCUT2D eigenvalue weighted by molar-refractivity contribution is 0.102. The minimum atomic E-state index is -0.745. The van der Waals surface area contributed by atoms with Gasteiger partial charge in [-0.3, -0.25) is 14.8 Å². The minimum Gasteiger partial charge on any atom is -0.457 e. The number of nitrogens with one attached hydrogen (secondary N) is 2. The normalized spacial score (nSPS) is 12.8. The van der Waals surface area contributed by atoms with Gasteiger partial charge in [0.1, 0.15) is 35.5 Å². The fourth-order valence-electron chi connectivity index (χ4n) is 3.69. The molecule has 6 nitrogen and oxygen atoms in total. The van der Waals surface area contributed by atoms with Crippen LogP contribution < -0.4 is 15.4 Å². The van der Waals surface area contributed by atoms with Crippen LogP contribution in [-0.2, 0) is 6.67 Å². The number of anilines is 1. The third kappa shape index (κ3) is 4.56. The van der Waals surface area contributed by atoms with Crippen LogP contribution in [0.15, 0.2) is 77.9 Å². The number of aromatic nitrogens is 1. The van der Waals surface area contributed by atoms with Gasteiger partial charge in [-0.25, -0.2) is 8.78 Å². The molecule has 1 aliphatic rings. The third-order valence-electron chi connectivity index (χ3n) is 5.39. The molecule has 1 aromatic heterocycles. The maximum atomic E-state index is 14.1. The van der Waals surface area contributed by atoms with Gasteiger partial charge in [0.15, 0.2) is 0 Å². The molecule has 0 fully saturated rings. The highest BCUT2D eigenvalue weighted by Crippen LogP contribution is 2.27. The fourth-order valence-corrected chi connectivity index (χ4v) is 3.69. The lowest BCUT2D eigenvalue weighted by Gasteiger charge is -2.10. The van der Waals surface area contributed by atoms with Crippen LogP contribution in [0.1, 0.15) is 21.6 Å². The van der Waals surface area contributed by atoms with Crippen LogP contribution in [0.25, 0.3) is 10.8 Å². The summed E-state index contributed by atoms with van der Waals surface area (Å²) in [6.45, 7) is 0.763. The molecule has 0 aliphatic carbocycles. The van der Waals surface area contributed by atoms with E-state index in [1.54, 1.807) is 30.5 Å². The number of benzene rings is 3. The van der Waals surface area contributed by atoms with Crippen molar-refractivity contribution in [3.63, 3.8) is 0 Å². The van der Waals surface area contributed by atoms with Crippen molar-refractivity contribution in [2.45, 2.75) is 6.67 Å². The van der Waals surface area contributed by atoms with Crippen molar-refractivity contribution in [1.29, 1.82) is 0 Å². The Labute approximate surface area is 194 Å². The fraction of sp³-hybridized carbons (Fsp3) is 0.115. The first-order valence-electron chi connectivity index (χ1n) is 10.7. The van der Waals surface area contributed by atoms with E-state index in [-0.39, 0.29) is 11.3 Å². The average molecular weight is 458 g/mol. The molecule has 3 aromatic carbocycles. The highest BCUT2D eigenvalue weighted by atomic mass is 19.1. The van der Waals surface area contributed by atoms with E-state index < -0.39 is 18.4 Å². The number of aliphatic imine (C=N–C) groups is 1. The van der Waals surface area contributed by atoms with E-state index in [1.165, 1.54) is 12.1 Å². The van der Waals surface area contributed by atoms with E-state index in [4.69, 9.17) is 4.74 Å². The summed E-state index contributed by atoms with van der Waals surface area (Å²) < 4.78 is 33.0. The highest BCUT2D eigenvalue weighted by Gasteiger charge is 2.13. The average Bonchev–Trinajstić information content (AvgIpc) is 3.40. The molecule has 0 spiro atoms. The first-order chi connectivity index (χ1) is 16.6. The van der Waals surface area contributed by atoms with Gasteiger partial charge in [0.2, 0.25) is 0 Å². The summed E-state index contributed by atoms with van der Waals surface area (Å²) in [6.07, 6.45) is 1.66. The molecule has 170 valence electrons. The van der Waals surface area contributed by atoms with Crippen molar-refractivity contribution >= 4 is 28.2 Å². The molecule has 0 saturated heterocycles. The summed E-state index contributed by atoms with van der Waals surface area (Å²) in [6, 6.07) is 18.0. The number of pyridine rings is 1. The number of ether oxygens (including phenoxy) is 1. The molecule has 34 heavy (non-hydrogen) atoms. The van der Waals surface area contributed by atoms with Crippen LogP contribution in [-0.4, -0.2) is 29.8 Å². The molecule has 1 amide bonds. The number of hydrogen-bond acceptors (Lipinski definition) is 5. The zero-order chi connectivity index (χ0) is 23.5. The lowest BCUT2D eigenvalue weighted by Crippen LogP contribution is -2.20. The number of alkyl halides is 1. The molecule has 8 heteroatoms. The van der Waals surface area contributed by atoms with Gasteiger partial charge >= 0.3 is 0 Å². The third-order valence-corrected chi connectivity index (χ3v) is 5.39. The molecule has 0 radical (unpaired) electrons. The number of amides is 1. The number of hydrogen-bond donors (Lipinski definition) is 2. The van der Waals surface area contributed by atoms with Crippen molar-refractivity contribution in [2.24, 2.45) is 4.99 Å². The van der Waals surface area contributed by atoms with E-state index in [9.17, 15) is 13.6 Å². The largest absolute Gasteiger partial charge is 0.457 e. The summed E-state index contributed by atoms with van der Waals surface area (Å²) in [5.41, 5.74) is 1.27. The number of halogens is 2. The van der Waals surface area contributed by atoms with Crippen molar-refractivity contribution in [3.8, 4) is 11.5 Å². The smallest absolute Gasteiger partial charge is 0.255 e. The molecule has 4 aromatic rings. The van der Waals surface area contributed by atoms with Crippen molar-refractivity contribution < 1.29 is 18.3 Å². The summed E-state index contributed by atoms with van der Waals surface area (Å²) >= 11 is 0. The molecule has 2 heterocycles. The van der Waals surface area contributed by atoms with Crippen LogP contribution in [0.5, 0.6) is 11.5 Å². The maximum Gasteiger partial charge on any atom is 0.255 e. The second-order valence-corrected chi connectivity index (χ2v) is 7.76. The maximum absolute atomic E-state index is 14.1. The van der Waals surface area contributed by atoms with Gasteiger partial charge in [0, 0.05) is 24.4 Å². The van der Waals surface area contributed by atoms with Gasteiger partial charge in [-0.2, -0.15) is 0 Å². The molecule has 0 atom stereocenters. The van der Waals surface area contributed by atoms with Gasteiger partial charge in [-0.05, 0) is 58.8 Å². The topological polar surface area (TPSA) is 75.6 Å². The molecule has 5 rings (SSSR count). The van der Waals surface area contributed by atoms with E-state index in [2.05, 4.69) is 20.6 Å². The molecular formula is C26H20F2N4O2. The molecule has 2 N–H and O–H groups in total. The Morgan fingerprint density at radius 3 is 2.68 bits per heavy atom.